The average Bonchev–Trinajstić information content (AvgIpc) is 2.52. The molecule has 0 bridgehead atoms. The summed E-state index contributed by atoms with van der Waals surface area (Å²) in [6, 6.07) is 0. The fourth-order valence-electron chi connectivity index (χ4n) is 1.96. The van der Waals surface area contributed by atoms with Crippen LogP contribution in [-0.2, 0) is 28.6 Å². The van der Waals surface area contributed by atoms with Gasteiger partial charge in [-0.3, -0.25) is 24.5 Å². The molecule has 0 aliphatic rings. The molecule has 0 fully saturated rings. The van der Waals surface area contributed by atoms with Crippen LogP contribution >= 0.6 is 0 Å². The van der Waals surface area contributed by atoms with Crippen molar-refractivity contribution < 1.29 is 33.5 Å². The molecule has 0 saturated heterocycles. The van der Waals surface area contributed by atoms with Gasteiger partial charge in [-0.2, -0.15) is 0 Å². The fraction of sp³-hybridized carbons (Fsp3) is 0.769. The summed E-state index contributed by atoms with van der Waals surface area (Å²) >= 11 is 0. The molecule has 0 heterocycles. The van der Waals surface area contributed by atoms with E-state index < -0.39 is 28.4 Å². The zero-order chi connectivity index (χ0) is 17.2. The van der Waals surface area contributed by atoms with E-state index in [1.807, 2.05) is 0 Å². The lowest BCUT2D eigenvalue weighted by Crippen LogP contribution is -2.40. The van der Waals surface area contributed by atoms with Crippen LogP contribution in [-0.4, -0.2) is 49.7 Å². The molecule has 126 valence electrons. The molecule has 0 aromatic heterocycles. The Bertz CT molecular complexity index is 370. The van der Waals surface area contributed by atoms with Crippen molar-refractivity contribution in [3.05, 3.63) is 10.1 Å². The summed E-state index contributed by atoms with van der Waals surface area (Å²) in [4.78, 5) is 44.6. The lowest BCUT2D eigenvalue weighted by molar-refractivity contribution is -0.573. The Morgan fingerprint density at radius 2 is 1.09 bits per heavy atom. The van der Waals surface area contributed by atoms with Gasteiger partial charge in [0.25, 0.3) is 0 Å². The smallest absolute Gasteiger partial charge is 0.305 e. The maximum absolute atomic E-state index is 11.5. The van der Waals surface area contributed by atoms with Gasteiger partial charge in [0.1, 0.15) is 0 Å². The van der Waals surface area contributed by atoms with Gasteiger partial charge in [0.05, 0.1) is 40.6 Å². The number of nitrogens with zero attached hydrogens (tertiary/aromatic N) is 1. The summed E-state index contributed by atoms with van der Waals surface area (Å²) in [5, 5.41) is 11.5. The molecule has 0 aromatic rings. The van der Waals surface area contributed by atoms with Crippen molar-refractivity contribution in [1.82, 2.24) is 0 Å². The Hall–Kier alpha value is -2.19. The first-order valence-electron chi connectivity index (χ1n) is 6.66. The molecule has 0 rings (SSSR count). The number of esters is 3. The van der Waals surface area contributed by atoms with Gasteiger partial charge >= 0.3 is 17.9 Å². The van der Waals surface area contributed by atoms with Gasteiger partial charge in [0, 0.05) is 24.2 Å². The third kappa shape index (κ3) is 6.51. The minimum atomic E-state index is -1.59. The minimum Gasteiger partial charge on any atom is -0.469 e. The van der Waals surface area contributed by atoms with Crippen LogP contribution < -0.4 is 0 Å². The maximum Gasteiger partial charge on any atom is 0.305 e. The first kappa shape index (κ1) is 19.8. The number of carbonyl (C=O) groups is 3. The van der Waals surface area contributed by atoms with E-state index in [1.165, 1.54) is 21.3 Å². The van der Waals surface area contributed by atoms with Crippen molar-refractivity contribution in [2.24, 2.45) is 0 Å². The van der Waals surface area contributed by atoms with E-state index in [0.29, 0.717) is 0 Å². The van der Waals surface area contributed by atoms with Crippen molar-refractivity contribution in [2.45, 2.75) is 44.1 Å². The Morgan fingerprint density at radius 3 is 1.27 bits per heavy atom. The molecule has 0 amide bonds. The van der Waals surface area contributed by atoms with E-state index in [-0.39, 0.29) is 38.5 Å². The van der Waals surface area contributed by atoms with Crippen LogP contribution in [0.4, 0.5) is 0 Å². The van der Waals surface area contributed by atoms with Crippen molar-refractivity contribution in [2.75, 3.05) is 21.3 Å². The predicted molar refractivity (Wildman–Crippen MR) is 73.5 cm³/mol. The van der Waals surface area contributed by atoms with Crippen molar-refractivity contribution in [3.8, 4) is 0 Å². The molecule has 0 aliphatic carbocycles. The molecule has 0 unspecified atom stereocenters. The Labute approximate surface area is 128 Å². The normalized spacial score (nSPS) is 10.7. The second-order valence-corrected chi connectivity index (χ2v) is 4.71. The second kappa shape index (κ2) is 9.69. The highest BCUT2D eigenvalue weighted by Gasteiger charge is 2.43. The quantitative estimate of drug-likeness (QED) is 0.251. The van der Waals surface area contributed by atoms with E-state index in [4.69, 9.17) is 0 Å². The third-order valence-electron chi connectivity index (χ3n) is 3.45. The number of hydrogen-bond acceptors (Lipinski definition) is 8. The van der Waals surface area contributed by atoms with Crippen LogP contribution in [0, 0.1) is 10.1 Å². The predicted octanol–water partition coefficient (Wildman–Crippen LogP) is 0.861. The van der Waals surface area contributed by atoms with E-state index in [9.17, 15) is 24.5 Å². The number of carbonyl (C=O) groups excluding carboxylic acids is 3. The van der Waals surface area contributed by atoms with Gasteiger partial charge in [-0.15, -0.1) is 0 Å². The van der Waals surface area contributed by atoms with E-state index >= 15 is 0 Å². The van der Waals surface area contributed by atoms with Gasteiger partial charge in [-0.05, 0) is 0 Å². The molecular formula is C13H21NO8. The number of rotatable bonds is 10. The molecule has 9 heteroatoms. The average molecular weight is 319 g/mol. The molecule has 0 atom stereocenters. The minimum absolute atomic E-state index is 0.138. The number of hydrogen-bond donors (Lipinski definition) is 0. The summed E-state index contributed by atoms with van der Waals surface area (Å²) in [5.41, 5.74) is -1.59. The Kier molecular flexibility index (Phi) is 8.73. The maximum atomic E-state index is 11.5. The summed E-state index contributed by atoms with van der Waals surface area (Å²) in [6.07, 6.45) is -0.957. The van der Waals surface area contributed by atoms with Gasteiger partial charge in [-0.1, -0.05) is 0 Å². The molecule has 0 aliphatic heterocycles. The largest absolute Gasteiger partial charge is 0.469 e. The number of nitro groups is 1. The molecule has 0 aromatic carbocycles. The highest BCUT2D eigenvalue weighted by molar-refractivity contribution is 5.70. The van der Waals surface area contributed by atoms with Crippen molar-refractivity contribution >= 4 is 17.9 Å². The molecule has 9 nitrogen and oxygen atoms in total. The summed E-state index contributed by atoms with van der Waals surface area (Å²) in [7, 11) is 3.54. The standard InChI is InChI=1S/C13H21NO8/c1-20-10(15)4-7-13(14(18)19,8-5-11(16)21-2)9-6-12(17)22-3/h4-9H2,1-3H3. The number of ether oxygens (including phenoxy) is 3. The number of methoxy groups -OCH3 is 3. The topological polar surface area (TPSA) is 122 Å². The van der Waals surface area contributed by atoms with Crippen LogP contribution in [0.3, 0.4) is 0 Å². The van der Waals surface area contributed by atoms with Crippen LogP contribution in [0.15, 0.2) is 0 Å². The first-order chi connectivity index (χ1) is 10.3. The lowest BCUT2D eigenvalue weighted by atomic mass is 9.84. The first-order valence-corrected chi connectivity index (χ1v) is 6.66. The van der Waals surface area contributed by atoms with Gasteiger partial charge in [-0.25, -0.2) is 0 Å². The molecule has 22 heavy (non-hydrogen) atoms. The highest BCUT2D eigenvalue weighted by atomic mass is 16.6. The van der Waals surface area contributed by atoms with Crippen LogP contribution in [0.5, 0.6) is 0 Å². The van der Waals surface area contributed by atoms with Crippen LogP contribution in [0.25, 0.3) is 0 Å². The van der Waals surface area contributed by atoms with Gasteiger partial charge in [0.15, 0.2) is 0 Å². The lowest BCUT2D eigenvalue weighted by Gasteiger charge is -2.24. The second-order valence-electron chi connectivity index (χ2n) is 4.71. The summed E-state index contributed by atoms with van der Waals surface area (Å²) in [6.45, 7) is 0. The molecular weight excluding hydrogens is 298 g/mol. The Morgan fingerprint density at radius 1 is 0.818 bits per heavy atom. The monoisotopic (exact) mass is 319 g/mol. The van der Waals surface area contributed by atoms with E-state index in [1.54, 1.807) is 0 Å². The van der Waals surface area contributed by atoms with Crippen LogP contribution in [0.2, 0.25) is 0 Å². The molecule has 0 saturated carbocycles. The fourth-order valence-corrected chi connectivity index (χ4v) is 1.96. The molecule has 0 spiro atoms. The summed E-state index contributed by atoms with van der Waals surface area (Å²) < 4.78 is 13.4. The zero-order valence-electron chi connectivity index (χ0n) is 13.0. The Balaban J connectivity index is 5.07. The van der Waals surface area contributed by atoms with Crippen molar-refractivity contribution in [1.29, 1.82) is 0 Å². The summed E-state index contributed by atoms with van der Waals surface area (Å²) in [5.74, 6) is -1.79. The molecule has 0 radical (unpaired) electrons. The SMILES string of the molecule is COC(=O)CCC(CCC(=O)OC)(CCC(=O)OC)[N+](=O)[O-]. The van der Waals surface area contributed by atoms with Gasteiger partial charge in [0.2, 0.25) is 5.54 Å². The third-order valence-corrected chi connectivity index (χ3v) is 3.45. The highest BCUT2D eigenvalue weighted by Crippen LogP contribution is 2.29. The van der Waals surface area contributed by atoms with E-state index in [0.717, 1.165) is 0 Å². The molecule has 0 N–H and O–H groups in total. The van der Waals surface area contributed by atoms with Gasteiger partial charge < -0.3 is 14.2 Å². The van der Waals surface area contributed by atoms with Crippen LogP contribution in [0.1, 0.15) is 38.5 Å². The van der Waals surface area contributed by atoms with Crippen molar-refractivity contribution in [3.63, 3.8) is 0 Å². The van der Waals surface area contributed by atoms with E-state index in [2.05, 4.69) is 14.2 Å². The zero-order valence-corrected chi connectivity index (χ0v) is 13.0.